The topological polar surface area (TPSA) is 63.7 Å². The van der Waals surface area contributed by atoms with Crippen molar-refractivity contribution in [3.63, 3.8) is 0 Å². The molecule has 0 spiro atoms. The van der Waals surface area contributed by atoms with Gasteiger partial charge in [0.15, 0.2) is 0 Å². The summed E-state index contributed by atoms with van der Waals surface area (Å²) in [5.41, 5.74) is -0.503. The second kappa shape index (κ2) is 8.53. The van der Waals surface area contributed by atoms with Crippen molar-refractivity contribution >= 4 is 16.0 Å². The molecule has 0 aliphatic carbocycles. The van der Waals surface area contributed by atoms with E-state index in [1.54, 1.807) is 37.3 Å². The summed E-state index contributed by atoms with van der Waals surface area (Å²) in [6.45, 7) is 0.835. The molecular formula is C18H18F3NO4S. The van der Waals surface area contributed by atoms with E-state index in [9.17, 15) is 26.4 Å². The van der Waals surface area contributed by atoms with Crippen molar-refractivity contribution in [1.29, 1.82) is 0 Å². The van der Waals surface area contributed by atoms with Gasteiger partial charge in [-0.15, -0.1) is 0 Å². The third-order valence-corrected chi connectivity index (χ3v) is 5.40. The Bertz CT molecular complexity index is 883. The van der Waals surface area contributed by atoms with Crippen LogP contribution in [0, 0.1) is 0 Å². The largest absolute Gasteiger partial charge is 0.465 e. The number of esters is 1. The van der Waals surface area contributed by atoms with Crippen LogP contribution in [0.2, 0.25) is 0 Å². The normalized spacial score (nSPS) is 12.2. The fourth-order valence-electron chi connectivity index (χ4n) is 2.35. The molecule has 0 bridgehead atoms. The molecule has 5 nitrogen and oxygen atoms in total. The number of hydrogen-bond donors (Lipinski definition) is 0. The van der Waals surface area contributed by atoms with Gasteiger partial charge in [0.1, 0.15) is 6.54 Å². The molecule has 0 fully saturated rings. The molecule has 2 aromatic carbocycles. The van der Waals surface area contributed by atoms with Crippen molar-refractivity contribution in [2.24, 2.45) is 0 Å². The van der Waals surface area contributed by atoms with Crippen LogP contribution < -0.4 is 0 Å². The highest BCUT2D eigenvalue weighted by molar-refractivity contribution is 7.89. The highest BCUT2D eigenvalue weighted by Crippen LogP contribution is 2.31. The van der Waals surface area contributed by atoms with E-state index in [-0.39, 0.29) is 13.2 Å². The highest BCUT2D eigenvalue weighted by atomic mass is 32.2. The molecule has 0 unspecified atom stereocenters. The Morgan fingerprint density at radius 2 is 1.74 bits per heavy atom. The Labute approximate surface area is 155 Å². The summed E-state index contributed by atoms with van der Waals surface area (Å²) in [6.07, 6.45) is -4.68. The summed E-state index contributed by atoms with van der Waals surface area (Å²) >= 11 is 0. The van der Waals surface area contributed by atoms with Gasteiger partial charge < -0.3 is 4.74 Å². The van der Waals surface area contributed by atoms with E-state index in [2.05, 4.69) is 0 Å². The average molecular weight is 401 g/mol. The number of benzene rings is 2. The minimum Gasteiger partial charge on any atom is -0.465 e. The number of carbonyl (C=O) groups is 1. The van der Waals surface area contributed by atoms with Gasteiger partial charge in [0.05, 0.1) is 17.1 Å². The van der Waals surface area contributed by atoms with Gasteiger partial charge in [-0.05, 0) is 30.7 Å². The minimum absolute atomic E-state index is 0.0572. The third kappa shape index (κ3) is 5.54. The van der Waals surface area contributed by atoms with Gasteiger partial charge >= 0.3 is 12.1 Å². The molecule has 0 aliphatic heterocycles. The van der Waals surface area contributed by atoms with Crippen LogP contribution in [-0.4, -0.2) is 31.8 Å². The van der Waals surface area contributed by atoms with E-state index in [1.165, 1.54) is 0 Å². The van der Waals surface area contributed by atoms with Gasteiger partial charge in [-0.3, -0.25) is 4.79 Å². The molecule has 2 rings (SSSR count). The molecule has 0 aromatic heterocycles. The van der Waals surface area contributed by atoms with Gasteiger partial charge in [-0.2, -0.15) is 17.5 Å². The van der Waals surface area contributed by atoms with Crippen LogP contribution in [0.1, 0.15) is 18.1 Å². The number of nitrogens with zero attached hydrogens (tertiary/aromatic N) is 1. The summed E-state index contributed by atoms with van der Waals surface area (Å²) in [4.78, 5) is 11.3. The van der Waals surface area contributed by atoms with Crippen LogP contribution in [0.25, 0.3) is 0 Å². The van der Waals surface area contributed by atoms with E-state index in [0.717, 1.165) is 22.5 Å². The zero-order chi connectivity index (χ0) is 20.1. The lowest BCUT2D eigenvalue weighted by molar-refractivity contribution is -0.143. The molecule has 27 heavy (non-hydrogen) atoms. The number of halogens is 3. The summed E-state index contributed by atoms with van der Waals surface area (Å²) in [5, 5.41) is 0. The monoisotopic (exact) mass is 401 g/mol. The van der Waals surface area contributed by atoms with Gasteiger partial charge in [0.25, 0.3) is 0 Å². The van der Waals surface area contributed by atoms with Crippen molar-refractivity contribution in [2.45, 2.75) is 24.5 Å². The first-order valence-corrected chi connectivity index (χ1v) is 9.45. The molecule has 0 radical (unpaired) electrons. The van der Waals surface area contributed by atoms with Gasteiger partial charge in [0.2, 0.25) is 10.0 Å². The molecule has 0 heterocycles. The van der Waals surface area contributed by atoms with E-state index >= 15 is 0 Å². The number of sulfonamides is 1. The van der Waals surface area contributed by atoms with E-state index in [0.29, 0.717) is 11.6 Å². The Kier molecular flexibility index (Phi) is 6.61. The van der Waals surface area contributed by atoms with E-state index < -0.39 is 39.2 Å². The molecule has 0 saturated carbocycles. The molecule has 0 atom stereocenters. The molecule has 146 valence electrons. The smallest absolute Gasteiger partial charge is 0.416 e. The molecule has 9 heteroatoms. The second-order valence-corrected chi connectivity index (χ2v) is 7.53. The summed E-state index contributed by atoms with van der Waals surface area (Å²) in [7, 11) is -4.36. The number of carbonyl (C=O) groups excluding carboxylic acids is 1. The van der Waals surface area contributed by atoms with E-state index in [4.69, 9.17) is 4.74 Å². The van der Waals surface area contributed by atoms with Crippen LogP contribution in [0.3, 0.4) is 0 Å². The molecule has 2 aromatic rings. The first-order chi connectivity index (χ1) is 12.6. The van der Waals surface area contributed by atoms with Crippen LogP contribution in [0.5, 0.6) is 0 Å². The highest BCUT2D eigenvalue weighted by Gasteiger charge is 2.33. The fourth-order valence-corrected chi connectivity index (χ4v) is 3.76. The quantitative estimate of drug-likeness (QED) is 0.667. The SMILES string of the molecule is CCOC(=O)CN(Cc1ccccc1)S(=O)(=O)c1cccc(C(F)(F)F)c1. The Morgan fingerprint density at radius 1 is 1.07 bits per heavy atom. The number of hydrogen-bond acceptors (Lipinski definition) is 4. The molecular weight excluding hydrogens is 383 g/mol. The molecule has 0 amide bonds. The lowest BCUT2D eigenvalue weighted by atomic mass is 10.2. The first-order valence-electron chi connectivity index (χ1n) is 8.01. The number of ether oxygens (including phenoxy) is 1. The second-order valence-electron chi connectivity index (χ2n) is 5.59. The third-order valence-electron chi connectivity index (χ3n) is 3.61. The number of alkyl halides is 3. The Morgan fingerprint density at radius 3 is 2.33 bits per heavy atom. The Hall–Kier alpha value is -2.39. The maximum atomic E-state index is 12.9. The van der Waals surface area contributed by atoms with Crippen molar-refractivity contribution in [2.75, 3.05) is 13.2 Å². The zero-order valence-corrected chi connectivity index (χ0v) is 15.3. The van der Waals surface area contributed by atoms with Crippen molar-refractivity contribution in [3.05, 3.63) is 65.7 Å². The van der Waals surface area contributed by atoms with Crippen molar-refractivity contribution in [3.8, 4) is 0 Å². The molecule has 0 N–H and O–H groups in total. The molecule has 0 aliphatic rings. The standard InChI is InChI=1S/C18H18F3NO4S/c1-2-26-17(23)13-22(12-14-7-4-3-5-8-14)27(24,25)16-10-6-9-15(11-16)18(19,20)21/h3-11H,2,12-13H2,1H3. The van der Waals surface area contributed by atoms with Crippen LogP contribution in [0.15, 0.2) is 59.5 Å². The van der Waals surface area contributed by atoms with Crippen LogP contribution in [0.4, 0.5) is 13.2 Å². The Balaban J connectivity index is 2.41. The van der Waals surface area contributed by atoms with E-state index in [1.807, 2.05) is 0 Å². The fraction of sp³-hybridized carbons (Fsp3) is 0.278. The predicted molar refractivity (Wildman–Crippen MR) is 92.1 cm³/mol. The first kappa shape index (κ1) is 20.9. The van der Waals surface area contributed by atoms with Crippen LogP contribution in [-0.2, 0) is 32.3 Å². The lowest BCUT2D eigenvalue weighted by Gasteiger charge is -2.22. The van der Waals surface area contributed by atoms with Crippen molar-refractivity contribution < 1.29 is 31.1 Å². The zero-order valence-electron chi connectivity index (χ0n) is 14.4. The average Bonchev–Trinajstić information content (AvgIpc) is 2.61. The number of rotatable bonds is 7. The lowest BCUT2D eigenvalue weighted by Crippen LogP contribution is -2.36. The maximum Gasteiger partial charge on any atom is 0.416 e. The summed E-state index contributed by atoms with van der Waals surface area (Å²) < 4.78 is 70.2. The van der Waals surface area contributed by atoms with Crippen molar-refractivity contribution in [1.82, 2.24) is 4.31 Å². The molecule has 0 saturated heterocycles. The van der Waals surface area contributed by atoms with Gasteiger partial charge in [0, 0.05) is 6.54 Å². The summed E-state index contributed by atoms with van der Waals surface area (Å²) in [6, 6.07) is 11.8. The maximum absolute atomic E-state index is 12.9. The minimum atomic E-state index is -4.68. The van der Waals surface area contributed by atoms with Crippen LogP contribution >= 0.6 is 0 Å². The van der Waals surface area contributed by atoms with Gasteiger partial charge in [-0.1, -0.05) is 36.4 Å². The van der Waals surface area contributed by atoms with Gasteiger partial charge in [-0.25, -0.2) is 8.42 Å². The predicted octanol–water partition coefficient (Wildman–Crippen LogP) is 3.46. The summed E-state index contributed by atoms with van der Waals surface area (Å²) in [5.74, 6) is -0.788.